The first-order chi connectivity index (χ1) is 7.66. The van der Waals surface area contributed by atoms with Gasteiger partial charge in [-0.1, -0.05) is 18.2 Å². The van der Waals surface area contributed by atoms with Gasteiger partial charge in [-0.05, 0) is 36.8 Å². The minimum atomic E-state index is -0.814. The van der Waals surface area contributed by atoms with Gasteiger partial charge in [0.05, 0.1) is 0 Å². The second kappa shape index (κ2) is 4.35. The molecule has 0 aliphatic heterocycles. The number of imide groups is 1. The smallest absolute Gasteiger partial charge is 0.319 e. The Hall–Kier alpha value is -1.84. The number of amides is 3. The molecule has 1 aromatic carbocycles. The van der Waals surface area contributed by atoms with Crippen LogP contribution in [-0.2, 0) is 6.42 Å². The molecule has 0 spiro atoms. The minimum absolute atomic E-state index is 0.413. The van der Waals surface area contributed by atoms with Crippen molar-refractivity contribution in [2.24, 2.45) is 11.7 Å². The molecule has 0 aromatic heterocycles. The number of nitrogens with two attached hydrogens (primary N) is 1. The number of hydrogen-bond donors (Lipinski definition) is 2. The number of nitrogens with one attached hydrogen (secondary N) is 1. The summed E-state index contributed by atoms with van der Waals surface area (Å²) in [6.07, 6.45) is 3.36. The van der Waals surface area contributed by atoms with Crippen molar-refractivity contribution < 1.29 is 9.59 Å². The maximum atomic E-state index is 11.7. The van der Waals surface area contributed by atoms with Crippen molar-refractivity contribution >= 4 is 11.9 Å². The maximum Gasteiger partial charge on any atom is 0.319 e. The standard InChI is InChI=1S/C12H14N2O2/c13-12(16)14-11(15)10-4-2-1-3-9(10)7-8-5-6-8/h1-4,8H,5-7H2,(H3,13,14,15,16). The molecule has 0 radical (unpaired) electrons. The highest BCUT2D eigenvalue weighted by atomic mass is 16.2. The number of rotatable bonds is 3. The van der Waals surface area contributed by atoms with Gasteiger partial charge in [-0.15, -0.1) is 0 Å². The van der Waals surface area contributed by atoms with Crippen molar-refractivity contribution in [2.75, 3.05) is 0 Å². The van der Waals surface area contributed by atoms with E-state index < -0.39 is 11.9 Å². The summed E-state index contributed by atoms with van der Waals surface area (Å²) >= 11 is 0. The maximum absolute atomic E-state index is 11.7. The van der Waals surface area contributed by atoms with Gasteiger partial charge in [0.1, 0.15) is 0 Å². The van der Waals surface area contributed by atoms with E-state index in [4.69, 9.17) is 5.73 Å². The summed E-state index contributed by atoms with van der Waals surface area (Å²) in [5.41, 5.74) is 6.46. The van der Waals surface area contributed by atoms with Crippen LogP contribution >= 0.6 is 0 Å². The van der Waals surface area contributed by atoms with Crippen LogP contribution in [0.15, 0.2) is 24.3 Å². The summed E-state index contributed by atoms with van der Waals surface area (Å²) in [5, 5.41) is 2.09. The molecule has 1 aliphatic carbocycles. The van der Waals surface area contributed by atoms with Crippen LogP contribution < -0.4 is 11.1 Å². The number of urea groups is 1. The molecule has 0 atom stereocenters. The fourth-order valence-corrected chi connectivity index (χ4v) is 1.73. The fourth-order valence-electron chi connectivity index (χ4n) is 1.73. The Kier molecular flexibility index (Phi) is 2.90. The van der Waals surface area contributed by atoms with E-state index in [9.17, 15) is 9.59 Å². The summed E-state index contributed by atoms with van der Waals surface area (Å²) in [5.74, 6) is 0.284. The molecule has 3 N–H and O–H groups in total. The Morgan fingerprint density at radius 2 is 2.00 bits per heavy atom. The average Bonchev–Trinajstić information content (AvgIpc) is 3.01. The van der Waals surface area contributed by atoms with Gasteiger partial charge < -0.3 is 5.73 Å². The van der Waals surface area contributed by atoms with Gasteiger partial charge in [0.2, 0.25) is 0 Å². The van der Waals surface area contributed by atoms with E-state index in [2.05, 4.69) is 5.32 Å². The van der Waals surface area contributed by atoms with E-state index in [0.29, 0.717) is 11.5 Å². The van der Waals surface area contributed by atoms with Crippen molar-refractivity contribution in [1.29, 1.82) is 0 Å². The molecule has 1 aliphatic rings. The first kappa shape index (κ1) is 10.7. The molecule has 3 amide bonds. The minimum Gasteiger partial charge on any atom is -0.351 e. The third-order valence-electron chi connectivity index (χ3n) is 2.70. The Morgan fingerprint density at radius 1 is 1.31 bits per heavy atom. The van der Waals surface area contributed by atoms with Gasteiger partial charge in [0.25, 0.3) is 5.91 Å². The lowest BCUT2D eigenvalue weighted by Crippen LogP contribution is -2.35. The van der Waals surface area contributed by atoms with Crippen LogP contribution in [0.4, 0.5) is 4.79 Å². The third kappa shape index (κ3) is 2.59. The molecular formula is C12H14N2O2. The normalized spacial score (nSPS) is 14.5. The molecule has 4 heteroatoms. The van der Waals surface area contributed by atoms with Gasteiger partial charge in [0, 0.05) is 5.56 Å². The lowest BCUT2D eigenvalue weighted by molar-refractivity contribution is 0.0965. The summed E-state index contributed by atoms with van der Waals surface area (Å²) in [6, 6.07) is 6.51. The molecule has 1 fully saturated rings. The molecule has 0 unspecified atom stereocenters. The summed E-state index contributed by atoms with van der Waals surface area (Å²) in [7, 11) is 0. The van der Waals surface area contributed by atoms with Crippen LogP contribution in [0, 0.1) is 5.92 Å². The summed E-state index contributed by atoms with van der Waals surface area (Å²) in [4.78, 5) is 22.3. The van der Waals surface area contributed by atoms with Crippen LogP contribution in [0.1, 0.15) is 28.8 Å². The molecule has 4 nitrogen and oxygen atoms in total. The quantitative estimate of drug-likeness (QED) is 0.805. The van der Waals surface area contributed by atoms with Crippen LogP contribution in [0.2, 0.25) is 0 Å². The van der Waals surface area contributed by atoms with Gasteiger partial charge in [0.15, 0.2) is 0 Å². The lowest BCUT2D eigenvalue weighted by atomic mass is 10.0. The highest BCUT2D eigenvalue weighted by Crippen LogP contribution is 2.33. The van der Waals surface area contributed by atoms with E-state index in [1.54, 1.807) is 12.1 Å². The molecule has 84 valence electrons. The number of hydrogen-bond acceptors (Lipinski definition) is 2. The molecule has 1 saturated carbocycles. The predicted octanol–water partition coefficient (Wildman–Crippen LogP) is 1.45. The summed E-state index contributed by atoms with van der Waals surface area (Å²) in [6.45, 7) is 0. The Labute approximate surface area is 93.8 Å². The number of primary amides is 1. The zero-order valence-electron chi connectivity index (χ0n) is 8.90. The number of carbonyl (C=O) groups is 2. The van der Waals surface area contributed by atoms with Crippen molar-refractivity contribution in [1.82, 2.24) is 5.32 Å². The Morgan fingerprint density at radius 3 is 2.62 bits per heavy atom. The van der Waals surface area contributed by atoms with Gasteiger partial charge >= 0.3 is 6.03 Å². The van der Waals surface area contributed by atoms with Gasteiger partial charge in [-0.3, -0.25) is 10.1 Å². The molecule has 16 heavy (non-hydrogen) atoms. The Balaban J connectivity index is 2.17. The van der Waals surface area contributed by atoms with E-state index in [-0.39, 0.29) is 0 Å². The van der Waals surface area contributed by atoms with Crippen LogP contribution in [0.3, 0.4) is 0 Å². The highest BCUT2D eigenvalue weighted by molar-refractivity contribution is 6.04. The van der Waals surface area contributed by atoms with Crippen LogP contribution in [-0.4, -0.2) is 11.9 Å². The summed E-state index contributed by atoms with van der Waals surface area (Å²) < 4.78 is 0. The third-order valence-corrected chi connectivity index (χ3v) is 2.70. The van der Waals surface area contributed by atoms with E-state index in [1.165, 1.54) is 12.8 Å². The number of benzene rings is 1. The molecular weight excluding hydrogens is 204 g/mol. The molecule has 2 rings (SSSR count). The molecule has 1 aromatic rings. The van der Waals surface area contributed by atoms with E-state index in [0.717, 1.165) is 12.0 Å². The zero-order valence-corrected chi connectivity index (χ0v) is 8.90. The number of carbonyl (C=O) groups excluding carboxylic acids is 2. The molecule has 0 saturated heterocycles. The largest absolute Gasteiger partial charge is 0.351 e. The molecule has 0 bridgehead atoms. The average molecular weight is 218 g/mol. The van der Waals surface area contributed by atoms with Gasteiger partial charge in [-0.25, -0.2) is 4.79 Å². The molecule has 0 heterocycles. The first-order valence-corrected chi connectivity index (χ1v) is 5.35. The Bertz CT molecular complexity index is 425. The fraction of sp³-hybridized carbons (Fsp3) is 0.333. The van der Waals surface area contributed by atoms with Crippen LogP contribution in [0.5, 0.6) is 0 Å². The zero-order chi connectivity index (χ0) is 11.5. The van der Waals surface area contributed by atoms with Crippen LogP contribution in [0.25, 0.3) is 0 Å². The second-order valence-corrected chi connectivity index (χ2v) is 4.12. The van der Waals surface area contributed by atoms with Crippen molar-refractivity contribution in [3.63, 3.8) is 0 Å². The lowest BCUT2D eigenvalue weighted by Gasteiger charge is -2.07. The highest BCUT2D eigenvalue weighted by Gasteiger charge is 2.23. The van der Waals surface area contributed by atoms with E-state index in [1.807, 2.05) is 12.1 Å². The topological polar surface area (TPSA) is 72.2 Å². The van der Waals surface area contributed by atoms with Crippen molar-refractivity contribution in [2.45, 2.75) is 19.3 Å². The van der Waals surface area contributed by atoms with Crippen molar-refractivity contribution in [3.8, 4) is 0 Å². The first-order valence-electron chi connectivity index (χ1n) is 5.35. The SMILES string of the molecule is NC(=O)NC(=O)c1ccccc1CC1CC1. The second-order valence-electron chi connectivity index (χ2n) is 4.12. The van der Waals surface area contributed by atoms with Crippen molar-refractivity contribution in [3.05, 3.63) is 35.4 Å². The van der Waals surface area contributed by atoms with Gasteiger partial charge in [-0.2, -0.15) is 0 Å². The van der Waals surface area contributed by atoms with E-state index >= 15 is 0 Å². The monoisotopic (exact) mass is 218 g/mol. The predicted molar refractivity (Wildman–Crippen MR) is 59.9 cm³/mol.